The molecular formula is C27H38N4O4S. The van der Waals surface area contributed by atoms with E-state index in [4.69, 9.17) is 9.72 Å². The van der Waals surface area contributed by atoms with E-state index in [1.165, 1.54) is 11.8 Å². The summed E-state index contributed by atoms with van der Waals surface area (Å²) in [6.07, 6.45) is 6.50. The molecule has 1 aromatic heterocycles. The van der Waals surface area contributed by atoms with Crippen LogP contribution in [0, 0.1) is 11.8 Å². The van der Waals surface area contributed by atoms with E-state index in [0.29, 0.717) is 35.1 Å². The Kier molecular flexibility index (Phi) is 9.42. The van der Waals surface area contributed by atoms with Crippen molar-refractivity contribution < 1.29 is 14.3 Å². The number of hydrogen-bond donors (Lipinski definition) is 2. The monoisotopic (exact) mass is 514 g/mol. The molecule has 8 nitrogen and oxygen atoms in total. The Morgan fingerprint density at radius 1 is 1.19 bits per heavy atom. The lowest BCUT2D eigenvalue weighted by Crippen LogP contribution is -2.38. The molecule has 2 amide bonds. The fourth-order valence-electron chi connectivity index (χ4n) is 5.00. The summed E-state index contributed by atoms with van der Waals surface area (Å²) in [7, 11) is 0. The van der Waals surface area contributed by atoms with Crippen molar-refractivity contribution in [3.05, 3.63) is 34.6 Å². The number of nitrogens with one attached hydrogen (secondary N) is 2. The first-order chi connectivity index (χ1) is 17.4. The first-order valence-electron chi connectivity index (χ1n) is 13.3. The van der Waals surface area contributed by atoms with Crippen molar-refractivity contribution in [1.29, 1.82) is 0 Å². The third kappa shape index (κ3) is 6.88. The standard InChI is InChI=1S/C27H38N4O4S/c1-3-18(2)29-24(32)17-36-27-30-23-9-5-4-8-22(23)26(34)31(27)16-19-10-12-20(13-11-19)25(33)28-15-21-7-6-14-35-21/h4-5,8-9,18-21H,3,6-7,10-17H2,1-2H3,(H,28,33)(H,29,32)/t18-,19?,20?,21+/m0/s1. The minimum Gasteiger partial charge on any atom is -0.376 e. The van der Waals surface area contributed by atoms with Crippen molar-refractivity contribution in [2.45, 2.75) is 82.6 Å². The SMILES string of the molecule is CC[C@H](C)NC(=O)CSc1nc2ccccc2c(=O)n1CC1CCC(C(=O)NC[C@H]2CCCO2)CC1. The Labute approximate surface area is 217 Å². The van der Waals surface area contributed by atoms with Gasteiger partial charge in [-0.3, -0.25) is 19.0 Å². The van der Waals surface area contributed by atoms with Crippen LogP contribution in [0.25, 0.3) is 10.9 Å². The lowest BCUT2D eigenvalue weighted by atomic mass is 9.81. The van der Waals surface area contributed by atoms with Crippen LogP contribution < -0.4 is 16.2 Å². The topological polar surface area (TPSA) is 102 Å². The second kappa shape index (κ2) is 12.7. The molecule has 0 spiro atoms. The highest BCUT2D eigenvalue weighted by Crippen LogP contribution is 2.31. The van der Waals surface area contributed by atoms with Crippen molar-refractivity contribution in [2.75, 3.05) is 18.9 Å². The summed E-state index contributed by atoms with van der Waals surface area (Å²) in [6.45, 7) is 5.95. The Morgan fingerprint density at radius 2 is 1.97 bits per heavy atom. The number of hydrogen-bond acceptors (Lipinski definition) is 6. The Morgan fingerprint density at radius 3 is 2.69 bits per heavy atom. The van der Waals surface area contributed by atoms with Gasteiger partial charge in [0.15, 0.2) is 5.16 Å². The van der Waals surface area contributed by atoms with Crippen LogP contribution in [0.5, 0.6) is 0 Å². The number of amides is 2. The maximum atomic E-state index is 13.4. The molecule has 1 aromatic carbocycles. The Bertz CT molecular complexity index is 1110. The number of thioether (sulfide) groups is 1. The molecule has 2 aliphatic rings. The third-order valence-electron chi connectivity index (χ3n) is 7.37. The van der Waals surface area contributed by atoms with Crippen LogP contribution in [0.2, 0.25) is 0 Å². The van der Waals surface area contributed by atoms with E-state index in [1.807, 2.05) is 32.0 Å². The van der Waals surface area contributed by atoms with Gasteiger partial charge in [-0.05, 0) is 69.9 Å². The summed E-state index contributed by atoms with van der Waals surface area (Å²) in [5, 5.41) is 7.22. The number of carbonyl (C=O) groups is 2. The van der Waals surface area contributed by atoms with Crippen molar-refractivity contribution in [2.24, 2.45) is 11.8 Å². The summed E-state index contributed by atoms with van der Waals surface area (Å²) in [5.41, 5.74) is 0.581. The molecule has 1 aliphatic heterocycles. The average molecular weight is 515 g/mol. The molecule has 2 aromatic rings. The second-order valence-corrected chi connectivity index (χ2v) is 11.0. The van der Waals surface area contributed by atoms with Crippen LogP contribution in [-0.2, 0) is 20.9 Å². The lowest BCUT2D eigenvalue weighted by Gasteiger charge is -2.29. The van der Waals surface area contributed by atoms with Gasteiger partial charge in [0.2, 0.25) is 11.8 Å². The zero-order valence-corrected chi connectivity index (χ0v) is 22.1. The molecule has 2 heterocycles. The zero-order valence-electron chi connectivity index (χ0n) is 21.3. The van der Waals surface area contributed by atoms with E-state index in [-0.39, 0.29) is 41.2 Å². The molecule has 36 heavy (non-hydrogen) atoms. The molecule has 0 unspecified atom stereocenters. The summed E-state index contributed by atoms with van der Waals surface area (Å²) < 4.78 is 7.35. The normalized spacial score (nSPS) is 22.9. The van der Waals surface area contributed by atoms with Crippen molar-refractivity contribution in [3.8, 4) is 0 Å². The van der Waals surface area contributed by atoms with Crippen LogP contribution in [0.3, 0.4) is 0 Å². The van der Waals surface area contributed by atoms with Crippen molar-refractivity contribution >= 4 is 34.5 Å². The number of benzene rings is 1. The summed E-state index contributed by atoms with van der Waals surface area (Å²) in [6, 6.07) is 7.48. The quantitative estimate of drug-likeness (QED) is 0.372. The van der Waals surface area contributed by atoms with E-state index >= 15 is 0 Å². The van der Waals surface area contributed by atoms with Gasteiger partial charge in [0.1, 0.15) is 0 Å². The second-order valence-electron chi connectivity index (χ2n) is 10.1. The third-order valence-corrected chi connectivity index (χ3v) is 8.34. The lowest BCUT2D eigenvalue weighted by molar-refractivity contribution is -0.126. The van der Waals surface area contributed by atoms with Crippen molar-refractivity contribution in [3.63, 3.8) is 0 Å². The van der Waals surface area contributed by atoms with Crippen molar-refractivity contribution in [1.82, 2.24) is 20.2 Å². The number of ether oxygens (including phenoxy) is 1. The molecule has 1 saturated carbocycles. The molecule has 196 valence electrons. The highest BCUT2D eigenvalue weighted by molar-refractivity contribution is 7.99. The van der Waals surface area contributed by atoms with Gasteiger partial charge >= 0.3 is 0 Å². The number of fused-ring (bicyclic) bond motifs is 1. The first-order valence-corrected chi connectivity index (χ1v) is 14.2. The number of nitrogens with zero attached hydrogens (tertiary/aromatic N) is 2. The maximum absolute atomic E-state index is 13.4. The predicted octanol–water partition coefficient (Wildman–Crippen LogP) is 3.50. The largest absolute Gasteiger partial charge is 0.376 e. The minimum atomic E-state index is -0.0677. The van der Waals surface area contributed by atoms with Gasteiger partial charge in [-0.1, -0.05) is 30.8 Å². The van der Waals surface area contributed by atoms with Gasteiger partial charge < -0.3 is 15.4 Å². The van der Waals surface area contributed by atoms with E-state index in [0.717, 1.165) is 51.6 Å². The highest BCUT2D eigenvalue weighted by atomic mass is 32.2. The summed E-state index contributed by atoms with van der Waals surface area (Å²) in [4.78, 5) is 43.2. The molecule has 4 rings (SSSR count). The Hall–Kier alpha value is -2.39. The van der Waals surface area contributed by atoms with Crippen LogP contribution in [0.15, 0.2) is 34.2 Å². The summed E-state index contributed by atoms with van der Waals surface area (Å²) in [5.74, 6) is 0.593. The minimum absolute atomic E-state index is 0.0206. The van der Waals surface area contributed by atoms with Gasteiger partial charge in [0.05, 0.1) is 22.8 Å². The Balaban J connectivity index is 1.40. The zero-order chi connectivity index (χ0) is 25.5. The van der Waals surface area contributed by atoms with E-state index in [1.54, 1.807) is 10.6 Å². The van der Waals surface area contributed by atoms with Crippen LogP contribution in [0.1, 0.15) is 58.8 Å². The van der Waals surface area contributed by atoms with Gasteiger partial charge in [-0.15, -0.1) is 0 Å². The number of rotatable bonds is 10. The van der Waals surface area contributed by atoms with Gasteiger partial charge in [0, 0.05) is 31.7 Å². The highest BCUT2D eigenvalue weighted by Gasteiger charge is 2.28. The fourth-order valence-corrected chi connectivity index (χ4v) is 5.82. The van der Waals surface area contributed by atoms with Crippen LogP contribution in [-0.4, -0.2) is 52.4 Å². The van der Waals surface area contributed by atoms with Gasteiger partial charge in [-0.25, -0.2) is 4.98 Å². The molecule has 1 aliphatic carbocycles. The predicted molar refractivity (Wildman–Crippen MR) is 142 cm³/mol. The average Bonchev–Trinajstić information content (AvgIpc) is 3.42. The van der Waals surface area contributed by atoms with Crippen LogP contribution >= 0.6 is 11.8 Å². The molecule has 2 atom stereocenters. The first kappa shape index (κ1) is 26.7. The molecular weight excluding hydrogens is 476 g/mol. The molecule has 2 N–H and O–H groups in total. The molecule has 0 bridgehead atoms. The maximum Gasteiger partial charge on any atom is 0.262 e. The number of aromatic nitrogens is 2. The smallest absolute Gasteiger partial charge is 0.262 e. The number of para-hydroxylation sites is 1. The molecule has 1 saturated heterocycles. The molecule has 0 radical (unpaired) electrons. The van der Waals surface area contributed by atoms with Crippen LogP contribution in [0.4, 0.5) is 0 Å². The fraction of sp³-hybridized carbons (Fsp3) is 0.630. The van der Waals surface area contributed by atoms with E-state index in [2.05, 4.69) is 10.6 Å². The van der Waals surface area contributed by atoms with E-state index < -0.39 is 0 Å². The van der Waals surface area contributed by atoms with Gasteiger partial charge in [-0.2, -0.15) is 0 Å². The number of carbonyl (C=O) groups excluding carboxylic acids is 2. The molecule has 2 fully saturated rings. The molecule has 9 heteroatoms. The van der Waals surface area contributed by atoms with E-state index in [9.17, 15) is 14.4 Å². The van der Waals surface area contributed by atoms with Gasteiger partial charge in [0.25, 0.3) is 5.56 Å². The summed E-state index contributed by atoms with van der Waals surface area (Å²) >= 11 is 1.31.